The zero-order valence-electron chi connectivity index (χ0n) is 15.4. The zero-order valence-corrected chi connectivity index (χ0v) is 17.9. The summed E-state index contributed by atoms with van der Waals surface area (Å²) in [5, 5.41) is 12.0. The van der Waals surface area contributed by atoms with E-state index in [0.29, 0.717) is 6.67 Å². The summed E-state index contributed by atoms with van der Waals surface area (Å²) in [6.07, 6.45) is 1.54. The maximum Gasteiger partial charge on any atom is 0.324 e. The van der Waals surface area contributed by atoms with Crippen LogP contribution in [0.1, 0.15) is 24.8 Å². The second-order valence-electron chi connectivity index (χ2n) is 6.76. The quantitative estimate of drug-likeness (QED) is 0.562. The molecule has 2 heterocycles. The first-order chi connectivity index (χ1) is 12.5. The molecule has 0 aromatic heterocycles. The highest BCUT2D eigenvalue weighted by Crippen LogP contribution is 2.47. The lowest BCUT2D eigenvalue weighted by atomic mass is 9.88. The van der Waals surface area contributed by atoms with Crippen molar-refractivity contribution in [2.75, 3.05) is 19.8 Å². The number of hydrogen-bond acceptors (Lipinski definition) is 7. The van der Waals surface area contributed by atoms with Gasteiger partial charge in [-0.1, -0.05) is 30.3 Å². The second-order valence-corrected chi connectivity index (χ2v) is 8.38. The summed E-state index contributed by atoms with van der Waals surface area (Å²) in [5.41, 5.74) is 6.66. The molecule has 2 saturated heterocycles. The number of piperidine rings is 1. The van der Waals surface area contributed by atoms with E-state index in [1.165, 1.54) is 0 Å². The molecule has 0 bridgehead atoms. The van der Waals surface area contributed by atoms with E-state index in [9.17, 15) is 9.59 Å². The number of likely N-dealkylation sites (tertiary alicyclic amines) is 1. The van der Waals surface area contributed by atoms with Gasteiger partial charge in [-0.05, 0) is 18.4 Å². The van der Waals surface area contributed by atoms with E-state index < -0.39 is 12.0 Å². The van der Waals surface area contributed by atoms with Gasteiger partial charge in [0.05, 0.1) is 11.8 Å². The summed E-state index contributed by atoms with van der Waals surface area (Å²) >= 11 is 1.57. The highest BCUT2D eigenvalue weighted by molar-refractivity contribution is 8.01. The Balaban J connectivity index is 0.00000196. The molecule has 2 fully saturated rings. The van der Waals surface area contributed by atoms with Gasteiger partial charge >= 0.3 is 11.9 Å². The number of carboxylic acid groups (broad SMARTS) is 1. The minimum absolute atomic E-state index is 0. The first-order valence-corrected chi connectivity index (χ1v) is 9.69. The summed E-state index contributed by atoms with van der Waals surface area (Å²) in [6.45, 7) is 2.31. The molecule has 2 aliphatic rings. The van der Waals surface area contributed by atoms with Crippen LogP contribution in [0.5, 0.6) is 0 Å². The number of aliphatic carboxylic acids is 1. The highest BCUT2D eigenvalue weighted by atomic mass is 35.5. The Kier molecular flexibility index (Phi) is 10.0. The summed E-state index contributed by atoms with van der Waals surface area (Å²) < 4.78 is 5.21. The molecule has 28 heavy (non-hydrogen) atoms. The largest absolute Gasteiger partial charge is 0.481 e. The van der Waals surface area contributed by atoms with E-state index in [0.717, 1.165) is 31.5 Å². The number of carbonyl (C=O) groups is 2. The molecule has 10 heteroatoms. The van der Waals surface area contributed by atoms with E-state index in [-0.39, 0.29) is 53.9 Å². The van der Waals surface area contributed by atoms with Crippen LogP contribution in [0.15, 0.2) is 30.3 Å². The number of nitrogens with zero attached hydrogens (tertiary/aromatic N) is 1. The van der Waals surface area contributed by atoms with E-state index >= 15 is 0 Å². The smallest absolute Gasteiger partial charge is 0.324 e. The lowest BCUT2D eigenvalue weighted by Crippen LogP contribution is -2.54. The van der Waals surface area contributed by atoms with Gasteiger partial charge in [-0.3, -0.25) is 19.8 Å². The third kappa shape index (κ3) is 5.98. The minimum Gasteiger partial charge on any atom is -0.481 e. The van der Waals surface area contributed by atoms with Gasteiger partial charge in [0.1, 0.15) is 12.6 Å². The summed E-state index contributed by atoms with van der Waals surface area (Å²) in [4.78, 5) is 26.1. The van der Waals surface area contributed by atoms with Gasteiger partial charge in [-0.15, -0.1) is 36.6 Å². The van der Waals surface area contributed by atoms with Crippen LogP contribution in [0.2, 0.25) is 0 Å². The van der Waals surface area contributed by atoms with Crippen LogP contribution in [-0.4, -0.2) is 57.9 Å². The van der Waals surface area contributed by atoms with Crippen LogP contribution < -0.4 is 11.1 Å². The Bertz CT molecular complexity index is 645. The van der Waals surface area contributed by atoms with Gasteiger partial charge in [-0.25, -0.2) is 0 Å². The summed E-state index contributed by atoms with van der Waals surface area (Å²) in [7, 11) is 0. The topological polar surface area (TPSA) is 105 Å². The van der Waals surface area contributed by atoms with E-state index in [1.54, 1.807) is 11.8 Å². The Labute approximate surface area is 181 Å². The lowest BCUT2D eigenvalue weighted by Gasteiger charge is -2.40. The van der Waals surface area contributed by atoms with Crippen LogP contribution in [0.4, 0.5) is 0 Å². The average Bonchev–Trinajstić information content (AvgIpc) is 2.98. The number of hydrogen-bond donors (Lipinski definition) is 3. The van der Waals surface area contributed by atoms with Crippen molar-refractivity contribution in [1.82, 2.24) is 10.2 Å². The SMILES string of the molecule is Cl.Cl.NCN1CCC2(CC1)SC(CC(=O)O)NC2C(=O)OCc1ccccc1. The molecule has 2 atom stereocenters. The van der Waals surface area contributed by atoms with Crippen molar-refractivity contribution in [2.24, 2.45) is 5.73 Å². The number of benzene rings is 1. The standard InChI is InChI=1S/C18H25N3O4S.2ClH/c19-12-21-8-6-18(7-9-21)16(20-14(26-18)10-15(22)23)17(24)25-11-13-4-2-1-3-5-13;;/h1-5,14,16,20H,6-12,19H2,(H,22,23);2*1H. The number of ether oxygens (including phenoxy) is 1. The third-order valence-corrected chi connectivity index (χ3v) is 6.74. The average molecular weight is 452 g/mol. The molecular weight excluding hydrogens is 425 g/mol. The molecule has 4 N–H and O–H groups in total. The maximum absolute atomic E-state index is 12.8. The number of nitrogens with two attached hydrogens (primary N) is 1. The van der Waals surface area contributed by atoms with Crippen LogP contribution in [0.3, 0.4) is 0 Å². The van der Waals surface area contributed by atoms with Crippen molar-refractivity contribution in [3.8, 4) is 0 Å². The van der Waals surface area contributed by atoms with Gasteiger partial charge in [-0.2, -0.15) is 0 Å². The first-order valence-electron chi connectivity index (χ1n) is 8.81. The fourth-order valence-electron chi connectivity index (χ4n) is 3.60. The molecule has 0 radical (unpaired) electrons. The number of halogens is 2. The van der Waals surface area contributed by atoms with Crippen molar-refractivity contribution < 1.29 is 19.4 Å². The number of rotatable bonds is 6. The minimum atomic E-state index is -0.872. The van der Waals surface area contributed by atoms with Crippen molar-refractivity contribution in [3.05, 3.63) is 35.9 Å². The Hall–Kier alpha value is -1.03. The first kappa shape index (κ1) is 25.0. The van der Waals surface area contributed by atoms with Crippen molar-refractivity contribution in [1.29, 1.82) is 0 Å². The van der Waals surface area contributed by atoms with Crippen LogP contribution >= 0.6 is 36.6 Å². The van der Waals surface area contributed by atoms with Crippen molar-refractivity contribution in [2.45, 2.75) is 42.0 Å². The molecular formula is C18H27Cl2N3O4S. The Morgan fingerprint density at radius 2 is 1.89 bits per heavy atom. The molecule has 1 aromatic rings. The van der Waals surface area contributed by atoms with Gasteiger partial charge in [0.15, 0.2) is 0 Å². The van der Waals surface area contributed by atoms with Crippen LogP contribution in [-0.2, 0) is 20.9 Å². The van der Waals surface area contributed by atoms with E-state index in [1.807, 2.05) is 30.3 Å². The van der Waals surface area contributed by atoms with Gasteiger partial charge < -0.3 is 15.6 Å². The Morgan fingerprint density at radius 3 is 2.46 bits per heavy atom. The second kappa shape index (κ2) is 11.2. The molecule has 1 spiro atoms. The molecule has 1 aromatic carbocycles. The molecule has 158 valence electrons. The summed E-state index contributed by atoms with van der Waals surface area (Å²) in [6, 6.07) is 9.04. The van der Waals surface area contributed by atoms with Gasteiger partial charge in [0.2, 0.25) is 0 Å². The highest BCUT2D eigenvalue weighted by Gasteiger charge is 2.53. The predicted octanol–water partition coefficient (Wildman–Crippen LogP) is 1.83. The van der Waals surface area contributed by atoms with Crippen LogP contribution in [0.25, 0.3) is 0 Å². The van der Waals surface area contributed by atoms with Crippen LogP contribution in [0, 0.1) is 0 Å². The van der Waals surface area contributed by atoms with E-state index in [4.69, 9.17) is 15.6 Å². The number of esters is 1. The zero-order chi connectivity index (χ0) is 18.6. The molecule has 0 saturated carbocycles. The van der Waals surface area contributed by atoms with Gasteiger partial charge in [0.25, 0.3) is 0 Å². The summed E-state index contributed by atoms with van der Waals surface area (Å²) in [5.74, 6) is -1.18. The molecule has 3 rings (SSSR count). The molecule has 0 amide bonds. The molecule has 0 aliphatic carbocycles. The number of carbonyl (C=O) groups excluding carboxylic acids is 1. The van der Waals surface area contributed by atoms with Crippen molar-refractivity contribution >= 4 is 48.5 Å². The number of thioether (sulfide) groups is 1. The monoisotopic (exact) mass is 451 g/mol. The fraction of sp³-hybridized carbons (Fsp3) is 0.556. The normalized spacial score (nSPS) is 23.5. The van der Waals surface area contributed by atoms with Crippen molar-refractivity contribution in [3.63, 3.8) is 0 Å². The number of nitrogens with one attached hydrogen (secondary N) is 1. The van der Waals surface area contributed by atoms with Gasteiger partial charge in [0, 0.05) is 24.5 Å². The van der Waals surface area contributed by atoms with E-state index in [2.05, 4.69) is 10.2 Å². The lowest BCUT2D eigenvalue weighted by molar-refractivity contribution is -0.149. The maximum atomic E-state index is 12.8. The fourth-order valence-corrected chi connectivity index (χ4v) is 5.31. The predicted molar refractivity (Wildman–Crippen MR) is 114 cm³/mol. The Morgan fingerprint density at radius 1 is 1.25 bits per heavy atom. The molecule has 2 unspecified atom stereocenters. The molecule has 7 nitrogen and oxygen atoms in total. The molecule has 2 aliphatic heterocycles. The third-order valence-electron chi connectivity index (χ3n) is 5.04. The number of carboxylic acids is 1.